The zero-order chi connectivity index (χ0) is 19.9. The Kier molecular flexibility index (Phi) is 6.84. The molecule has 6 nitrogen and oxygen atoms in total. The van der Waals surface area contributed by atoms with Crippen LogP contribution >= 0.6 is 11.3 Å². The first-order valence-corrected chi connectivity index (χ1v) is 10.4. The Morgan fingerprint density at radius 2 is 2.00 bits per heavy atom. The second-order valence-corrected chi connectivity index (χ2v) is 7.49. The zero-order valence-corrected chi connectivity index (χ0v) is 16.9. The fourth-order valence-electron chi connectivity index (χ4n) is 3.40. The van der Waals surface area contributed by atoms with Gasteiger partial charge in [-0.1, -0.05) is 43.3 Å². The number of benzene rings is 1. The molecule has 148 valence electrons. The van der Waals surface area contributed by atoms with Crippen molar-refractivity contribution in [3.8, 4) is 0 Å². The Labute approximate surface area is 169 Å². The normalized spacial score (nSPS) is 17.6. The molecule has 0 aliphatic carbocycles. The lowest BCUT2D eigenvalue weighted by molar-refractivity contribution is -0.680. The van der Waals surface area contributed by atoms with Gasteiger partial charge in [0.25, 0.3) is 0 Å². The molecule has 7 heteroatoms. The van der Waals surface area contributed by atoms with Crippen LogP contribution in [0, 0.1) is 0 Å². The second kappa shape index (κ2) is 9.52. The lowest BCUT2D eigenvalue weighted by atomic mass is 9.99. The van der Waals surface area contributed by atoms with Crippen LogP contribution in [0.4, 0.5) is 4.79 Å². The van der Waals surface area contributed by atoms with Crippen LogP contribution in [-0.4, -0.2) is 31.2 Å². The maximum absolute atomic E-state index is 12.5. The number of quaternary nitrogens is 1. The minimum Gasteiger partial charge on any atom is -0.463 e. The van der Waals surface area contributed by atoms with Gasteiger partial charge in [-0.25, -0.2) is 9.59 Å². The molecule has 0 saturated heterocycles. The van der Waals surface area contributed by atoms with Crippen LogP contribution in [0.5, 0.6) is 0 Å². The van der Waals surface area contributed by atoms with E-state index in [1.807, 2.05) is 31.2 Å². The fraction of sp³-hybridized carbons (Fsp3) is 0.333. The molecule has 2 atom stereocenters. The van der Waals surface area contributed by atoms with E-state index in [2.05, 4.69) is 39.5 Å². The van der Waals surface area contributed by atoms with Crippen LogP contribution in [0.2, 0.25) is 0 Å². The maximum Gasteiger partial charge on any atom is 0.338 e. The van der Waals surface area contributed by atoms with Crippen LogP contribution in [-0.2, 0) is 9.53 Å². The molecule has 2 aromatic rings. The van der Waals surface area contributed by atoms with Crippen LogP contribution in [0.15, 0.2) is 59.1 Å². The van der Waals surface area contributed by atoms with Gasteiger partial charge in [0.15, 0.2) is 0 Å². The highest BCUT2D eigenvalue weighted by Gasteiger charge is 2.33. The minimum absolute atomic E-state index is 0.0870. The van der Waals surface area contributed by atoms with Crippen LogP contribution in [0.25, 0.3) is 0 Å². The van der Waals surface area contributed by atoms with E-state index in [4.69, 9.17) is 4.74 Å². The molecule has 0 saturated carbocycles. The second-order valence-electron chi connectivity index (χ2n) is 6.52. The highest BCUT2D eigenvalue weighted by Crippen LogP contribution is 2.23. The Balaban J connectivity index is 1.89. The third-order valence-electron chi connectivity index (χ3n) is 4.71. The molecule has 0 spiro atoms. The summed E-state index contributed by atoms with van der Waals surface area (Å²) < 4.78 is 5.24. The van der Waals surface area contributed by atoms with Gasteiger partial charge >= 0.3 is 12.0 Å². The summed E-state index contributed by atoms with van der Waals surface area (Å²) in [5.41, 5.74) is 2.31. The topological polar surface area (TPSA) is 84.0 Å². The molecule has 1 aromatic heterocycles. The number of urea groups is 1. The maximum atomic E-state index is 12.5. The number of carbonyl (C=O) groups excluding carboxylic acids is 2. The smallest absolute Gasteiger partial charge is 0.338 e. The van der Waals surface area contributed by atoms with Crippen molar-refractivity contribution in [2.24, 2.45) is 0 Å². The molecular weight excluding hydrogens is 374 g/mol. The summed E-state index contributed by atoms with van der Waals surface area (Å²) in [4.78, 5) is 25.9. The summed E-state index contributed by atoms with van der Waals surface area (Å²) in [7, 11) is 0. The van der Waals surface area contributed by atoms with E-state index in [1.165, 1.54) is 10.4 Å². The number of rotatable bonds is 8. The summed E-state index contributed by atoms with van der Waals surface area (Å²) in [5.74, 6) is -0.377. The average Bonchev–Trinajstić information content (AvgIpc) is 3.23. The Morgan fingerprint density at radius 3 is 2.64 bits per heavy atom. The van der Waals surface area contributed by atoms with Gasteiger partial charge in [0.1, 0.15) is 12.6 Å². The lowest BCUT2D eigenvalue weighted by Crippen LogP contribution is -2.86. The van der Waals surface area contributed by atoms with Gasteiger partial charge in [0, 0.05) is 5.56 Å². The van der Waals surface area contributed by atoms with E-state index >= 15 is 0 Å². The Bertz CT molecular complexity index is 834. The van der Waals surface area contributed by atoms with Gasteiger partial charge in [-0.05, 0) is 24.8 Å². The molecular formula is C21H26N3O3S+. The largest absolute Gasteiger partial charge is 0.463 e. The van der Waals surface area contributed by atoms with E-state index in [9.17, 15) is 9.59 Å². The molecule has 0 unspecified atom stereocenters. The number of carbonyl (C=O) groups is 2. The molecule has 3 rings (SSSR count). The standard InChI is InChI=1S/C21H25N3O3S/c1-3-15-18(20(25)27-4-2)16(24-21(26)23-15)13-22-19(17-11-8-12-28-17)14-9-6-5-7-10-14/h5-12,15,19,22H,3-4,13H2,1-2H3,(H2,23,24,26)/p+1/t15-,19-/m1/s1. The fourth-order valence-corrected chi connectivity index (χ4v) is 4.25. The van der Waals surface area contributed by atoms with Crippen molar-refractivity contribution < 1.29 is 19.6 Å². The number of thiophene rings is 1. The monoisotopic (exact) mass is 400 g/mol. The minimum atomic E-state index is -0.377. The van der Waals surface area contributed by atoms with Crippen LogP contribution in [0.1, 0.15) is 36.8 Å². The summed E-state index contributed by atoms with van der Waals surface area (Å²) in [6.07, 6.45) is 0.623. The SMILES string of the molecule is CCOC(=O)C1=C(C[NH2+][C@H](c2ccccc2)c2cccs2)NC(=O)N[C@@H]1CC. The van der Waals surface area contributed by atoms with E-state index in [1.54, 1.807) is 18.3 Å². The van der Waals surface area contributed by atoms with E-state index in [0.717, 1.165) is 0 Å². The molecule has 1 aliphatic heterocycles. The van der Waals surface area contributed by atoms with Crippen molar-refractivity contribution in [1.82, 2.24) is 10.6 Å². The first-order valence-electron chi connectivity index (χ1n) is 9.53. The number of ether oxygens (including phenoxy) is 1. The van der Waals surface area contributed by atoms with Gasteiger partial charge in [0.05, 0.1) is 28.8 Å². The summed E-state index contributed by atoms with van der Waals surface area (Å²) in [5, 5.41) is 9.84. The highest BCUT2D eigenvalue weighted by atomic mass is 32.1. The number of nitrogens with two attached hydrogens (primary N) is 1. The quantitative estimate of drug-likeness (QED) is 0.595. The van der Waals surface area contributed by atoms with Crippen molar-refractivity contribution >= 4 is 23.3 Å². The number of esters is 1. The zero-order valence-electron chi connectivity index (χ0n) is 16.1. The average molecular weight is 401 g/mol. The third kappa shape index (κ3) is 4.61. The highest BCUT2D eigenvalue weighted by molar-refractivity contribution is 7.10. The molecule has 1 aliphatic rings. The number of amides is 2. The predicted octanol–water partition coefficient (Wildman–Crippen LogP) is 2.31. The summed E-state index contributed by atoms with van der Waals surface area (Å²) in [6.45, 7) is 4.48. The summed E-state index contributed by atoms with van der Waals surface area (Å²) in [6, 6.07) is 13.8. The van der Waals surface area contributed by atoms with Gasteiger partial charge in [-0.2, -0.15) is 0 Å². The van der Waals surface area contributed by atoms with Crippen LogP contribution in [0.3, 0.4) is 0 Å². The summed E-state index contributed by atoms with van der Waals surface area (Å²) >= 11 is 1.69. The van der Waals surface area contributed by atoms with Gasteiger partial charge in [-0.15, -0.1) is 11.3 Å². The van der Waals surface area contributed by atoms with Crippen molar-refractivity contribution in [2.45, 2.75) is 32.4 Å². The first kappa shape index (κ1) is 20.1. The lowest BCUT2D eigenvalue weighted by Gasteiger charge is -2.28. The molecule has 28 heavy (non-hydrogen) atoms. The van der Waals surface area contributed by atoms with E-state index < -0.39 is 0 Å². The third-order valence-corrected chi connectivity index (χ3v) is 5.67. The van der Waals surface area contributed by atoms with Crippen molar-refractivity contribution in [3.05, 3.63) is 69.6 Å². The Hall–Kier alpha value is -2.64. The molecule has 0 fully saturated rings. The molecule has 0 bridgehead atoms. The Morgan fingerprint density at radius 1 is 1.21 bits per heavy atom. The molecule has 1 aromatic carbocycles. The number of hydrogen-bond donors (Lipinski definition) is 3. The molecule has 2 heterocycles. The van der Waals surface area contributed by atoms with Crippen molar-refractivity contribution in [2.75, 3.05) is 13.2 Å². The number of nitrogens with one attached hydrogen (secondary N) is 2. The van der Waals surface area contributed by atoms with Gasteiger partial charge in [0.2, 0.25) is 0 Å². The van der Waals surface area contributed by atoms with E-state index in [-0.39, 0.29) is 24.1 Å². The van der Waals surface area contributed by atoms with Gasteiger partial charge < -0.3 is 20.7 Å². The first-order chi connectivity index (χ1) is 13.6. The molecule has 0 radical (unpaired) electrons. The van der Waals surface area contributed by atoms with Crippen LogP contribution < -0.4 is 16.0 Å². The van der Waals surface area contributed by atoms with Gasteiger partial charge in [-0.3, -0.25) is 0 Å². The van der Waals surface area contributed by atoms with Crippen molar-refractivity contribution in [3.63, 3.8) is 0 Å². The molecule has 2 amide bonds. The van der Waals surface area contributed by atoms with Crippen molar-refractivity contribution in [1.29, 1.82) is 0 Å². The predicted molar refractivity (Wildman–Crippen MR) is 109 cm³/mol. The number of hydrogen-bond acceptors (Lipinski definition) is 4. The molecule has 4 N–H and O–H groups in total. The van der Waals surface area contributed by atoms with E-state index in [0.29, 0.717) is 30.8 Å².